The van der Waals surface area contributed by atoms with Crippen LogP contribution in [0.25, 0.3) is 0 Å². The first-order valence-corrected chi connectivity index (χ1v) is 7.79. The molecule has 20 heavy (non-hydrogen) atoms. The maximum absolute atomic E-state index is 11.4. The average Bonchev–Trinajstić information content (AvgIpc) is 2.37. The topological polar surface area (TPSA) is 83.5 Å². The Morgan fingerprint density at radius 3 is 2.50 bits per heavy atom. The van der Waals surface area contributed by atoms with Crippen molar-refractivity contribution in [2.24, 2.45) is 0 Å². The maximum Gasteiger partial charge on any atom is 0.264 e. The number of hydrogen-bond acceptors (Lipinski definition) is 3. The highest BCUT2D eigenvalue weighted by atomic mass is 32.2. The Morgan fingerprint density at radius 1 is 1.30 bits per heavy atom. The van der Waals surface area contributed by atoms with Crippen molar-refractivity contribution in [1.29, 1.82) is 0 Å². The highest BCUT2D eigenvalue weighted by molar-refractivity contribution is 7.85. The lowest BCUT2D eigenvalue weighted by Gasteiger charge is -2.05. The zero-order valence-electron chi connectivity index (χ0n) is 11.0. The van der Waals surface area contributed by atoms with Gasteiger partial charge in [0.1, 0.15) is 0 Å². The second-order valence-electron chi connectivity index (χ2n) is 4.34. The van der Waals surface area contributed by atoms with E-state index in [4.69, 9.17) is 11.0 Å². The van der Waals surface area contributed by atoms with Gasteiger partial charge in [0.2, 0.25) is 5.91 Å². The summed E-state index contributed by atoms with van der Waals surface area (Å²) in [6, 6.07) is 7.11. The van der Waals surface area contributed by atoms with Crippen LogP contribution in [0.3, 0.4) is 0 Å². The van der Waals surface area contributed by atoms with Crippen molar-refractivity contribution < 1.29 is 17.8 Å². The normalized spacial score (nSPS) is 10.8. The van der Waals surface area contributed by atoms with Gasteiger partial charge >= 0.3 is 0 Å². The van der Waals surface area contributed by atoms with Crippen LogP contribution in [0.5, 0.6) is 0 Å². The van der Waals surface area contributed by atoms with Gasteiger partial charge in [-0.05, 0) is 30.5 Å². The Hall–Kier alpha value is -1.84. The van der Waals surface area contributed by atoms with Gasteiger partial charge < -0.3 is 5.32 Å². The molecule has 0 aromatic heterocycles. The molecule has 1 aromatic carbocycles. The highest BCUT2D eigenvalue weighted by Crippen LogP contribution is 2.12. The first kappa shape index (κ1) is 16.2. The van der Waals surface area contributed by atoms with Gasteiger partial charge in [-0.2, -0.15) is 8.42 Å². The quantitative estimate of drug-likeness (QED) is 0.594. The molecule has 5 nitrogen and oxygen atoms in total. The fourth-order valence-corrected chi connectivity index (χ4v) is 2.13. The van der Waals surface area contributed by atoms with E-state index < -0.39 is 10.1 Å². The highest BCUT2D eigenvalue weighted by Gasteiger charge is 2.05. The zero-order chi connectivity index (χ0) is 15.0. The molecule has 6 heteroatoms. The second-order valence-corrected chi connectivity index (χ2v) is 5.91. The van der Waals surface area contributed by atoms with Crippen LogP contribution in [0.1, 0.15) is 24.8 Å². The molecule has 2 N–H and O–H groups in total. The molecule has 1 amide bonds. The van der Waals surface area contributed by atoms with E-state index >= 15 is 0 Å². The monoisotopic (exact) mass is 295 g/mol. The lowest BCUT2D eigenvalue weighted by Crippen LogP contribution is -2.10. The molecule has 0 atom stereocenters. The van der Waals surface area contributed by atoms with Crippen LogP contribution in [-0.2, 0) is 21.3 Å². The molecule has 0 bridgehead atoms. The van der Waals surface area contributed by atoms with Crippen LogP contribution in [0.4, 0.5) is 5.69 Å². The minimum absolute atomic E-state index is 0.137. The Bertz CT molecular complexity index is 585. The Balaban J connectivity index is 2.44. The summed E-state index contributed by atoms with van der Waals surface area (Å²) in [5, 5.41) is 2.71. The summed E-state index contributed by atoms with van der Waals surface area (Å²) in [7, 11) is -3.90. The fraction of sp³-hybridized carbons (Fsp3) is 0.357. The van der Waals surface area contributed by atoms with E-state index in [1.54, 1.807) is 24.3 Å². The summed E-state index contributed by atoms with van der Waals surface area (Å²) < 4.78 is 29.8. The van der Waals surface area contributed by atoms with E-state index in [1.165, 1.54) is 0 Å². The van der Waals surface area contributed by atoms with Gasteiger partial charge in [-0.3, -0.25) is 9.35 Å². The predicted molar refractivity (Wildman–Crippen MR) is 77.9 cm³/mol. The molecule has 1 rings (SSSR count). The molecule has 0 saturated carbocycles. The van der Waals surface area contributed by atoms with Gasteiger partial charge in [-0.25, -0.2) is 0 Å². The number of terminal acetylenes is 1. The van der Waals surface area contributed by atoms with E-state index in [1.807, 2.05) is 0 Å². The Morgan fingerprint density at radius 2 is 1.95 bits per heavy atom. The molecule has 0 radical (unpaired) electrons. The van der Waals surface area contributed by atoms with Gasteiger partial charge in [0.05, 0.1) is 5.75 Å². The smallest absolute Gasteiger partial charge is 0.264 e. The molecule has 0 spiro atoms. The summed E-state index contributed by atoms with van der Waals surface area (Å²) in [5.41, 5.74) is 1.61. The van der Waals surface area contributed by atoms with E-state index in [9.17, 15) is 13.2 Å². The number of nitrogens with one attached hydrogen (secondary N) is 1. The average molecular weight is 295 g/mol. The zero-order valence-corrected chi connectivity index (χ0v) is 11.8. The molecule has 0 aliphatic rings. The fourth-order valence-electron chi connectivity index (χ4n) is 1.62. The number of carbonyl (C=O) groups excluding carboxylic acids is 1. The van der Waals surface area contributed by atoms with Gasteiger partial charge in [-0.1, -0.05) is 12.1 Å². The van der Waals surface area contributed by atoms with E-state index in [0.717, 1.165) is 5.56 Å². The lowest BCUT2D eigenvalue weighted by molar-refractivity contribution is -0.116. The van der Waals surface area contributed by atoms with Crippen molar-refractivity contribution in [3.8, 4) is 12.3 Å². The first-order valence-electron chi connectivity index (χ1n) is 6.18. The number of benzene rings is 1. The standard InChI is InChI=1S/C14H17NO4S/c1-2-3-6-14(16)15-13-9-7-12(8-10-13)5-4-11-20(17,18)19/h1,7-10H,3-6,11H2,(H,15,16)(H,17,18,19). The van der Waals surface area contributed by atoms with Crippen LogP contribution in [-0.4, -0.2) is 24.6 Å². The third-order valence-electron chi connectivity index (χ3n) is 2.60. The Labute approximate surface area is 119 Å². The minimum atomic E-state index is -3.90. The summed E-state index contributed by atoms with van der Waals surface area (Å²) in [5.74, 6) is 2.01. The van der Waals surface area contributed by atoms with Crippen LogP contribution in [0.2, 0.25) is 0 Å². The van der Waals surface area contributed by atoms with E-state index in [2.05, 4.69) is 11.2 Å². The van der Waals surface area contributed by atoms with Crippen molar-refractivity contribution in [3.05, 3.63) is 29.8 Å². The van der Waals surface area contributed by atoms with Crippen molar-refractivity contribution >= 4 is 21.7 Å². The van der Waals surface area contributed by atoms with E-state index in [-0.39, 0.29) is 18.1 Å². The van der Waals surface area contributed by atoms with Crippen LogP contribution < -0.4 is 5.32 Å². The van der Waals surface area contributed by atoms with Crippen LogP contribution in [0.15, 0.2) is 24.3 Å². The van der Waals surface area contributed by atoms with Gasteiger partial charge in [-0.15, -0.1) is 12.3 Å². The van der Waals surface area contributed by atoms with Gasteiger partial charge in [0.15, 0.2) is 0 Å². The van der Waals surface area contributed by atoms with Crippen molar-refractivity contribution in [2.75, 3.05) is 11.1 Å². The number of hydrogen-bond donors (Lipinski definition) is 2. The molecule has 0 aliphatic carbocycles. The third kappa shape index (κ3) is 6.92. The molecular weight excluding hydrogens is 278 g/mol. The van der Waals surface area contributed by atoms with Gasteiger partial charge in [0.25, 0.3) is 10.1 Å². The van der Waals surface area contributed by atoms with E-state index in [0.29, 0.717) is 24.9 Å². The largest absolute Gasteiger partial charge is 0.326 e. The second kappa shape index (κ2) is 7.68. The molecule has 0 saturated heterocycles. The number of anilines is 1. The third-order valence-corrected chi connectivity index (χ3v) is 3.41. The molecule has 0 fully saturated rings. The first-order chi connectivity index (χ1) is 9.40. The van der Waals surface area contributed by atoms with Crippen molar-refractivity contribution in [1.82, 2.24) is 0 Å². The molecule has 1 aromatic rings. The molecule has 0 heterocycles. The summed E-state index contributed by atoms with van der Waals surface area (Å²) in [4.78, 5) is 11.4. The number of carbonyl (C=O) groups is 1. The summed E-state index contributed by atoms with van der Waals surface area (Å²) >= 11 is 0. The number of amides is 1. The van der Waals surface area contributed by atoms with Gasteiger partial charge in [0, 0.05) is 18.5 Å². The molecule has 108 valence electrons. The summed E-state index contributed by atoms with van der Waals surface area (Å²) in [6.07, 6.45) is 6.66. The predicted octanol–water partition coefficient (Wildman–Crippen LogP) is 1.86. The van der Waals surface area contributed by atoms with Crippen LogP contribution in [0, 0.1) is 12.3 Å². The number of rotatable bonds is 7. The SMILES string of the molecule is C#CCCC(=O)Nc1ccc(CCCS(=O)(=O)O)cc1. The maximum atomic E-state index is 11.4. The number of aryl methyl sites for hydroxylation is 1. The van der Waals surface area contributed by atoms with Crippen molar-refractivity contribution in [2.45, 2.75) is 25.7 Å². The van der Waals surface area contributed by atoms with Crippen molar-refractivity contribution in [3.63, 3.8) is 0 Å². The van der Waals surface area contributed by atoms with Crippen LogP contribution >= 0.6 is 0 Å². The Kier molecular flexibility index (Phi) is 6.22. The molecular formula is C14H17NO4S. The minimum Gasteiger partial charge on any atom is -0.326 e. The molecule has 0 unspecified atom stereocenters. The molecule has 0 aliphatic heterocycles. The lowest BCUT2D eigenvalue weighted by atomic mass is 10.1. The summed E-state index contributed by atoms with van der Waals surface area (Å²) in [6.45, 7) is 0.